The van der Waals surface area contributed by atoms with Crippen LogP contribution in [0.3, 0.4) is 0 Å². The van der Waals surface area contributed by atoms with Crippen molar-refractivity contribution in [1.82, 2.24) is 0 Å². The minimum atomic E-state index is -3.67. The van der Waals surface area contributed by atoms with Gasteiger partial charge in [-0.1, -0.05) is 36.4 Å². The smallest absolute Gasteiger partial charge is 0.271 e. The Hall–Kier alpha value is -1.54. The zero-order valence-electron chi connectivity index (χ0n) is 10.0. The summed E-state index contributed by atoms with van der Waals surface area (Å²) in [7, 11) is -3.67. The summed E-state index contributed by atoms with van der Waals surface area (Å²) in [5.41, 5.74) is 1.07. The molecule has 1 aromatic carbocycles. The van der Waals surface area contributed by atoms with E-state index in [2.05, 4.69) is 10.3 Å². The minimum Gasteiger partial charge on any atom is -0.293 e. The molecule has 2 aromatic rings. The van der Waals surface area contributed by atoms with E-state index >= 15 is 0 Å². The molecule has 0 spiro atoms. The van der Waals surface area contributed by atoms with Gasteiger partial charge >= 0.3 is 0 Å². The lowest BCUT2D eigenvalue weighted by Gasteiger charge is -1.97. The molecule has 0 radical (unpaired) electrons. The van der Waals surface area contributed by atoms with Gasteiger partial charge in [0.05, 0.1) is 4.88 Å². The SMILES string of the molecule is NS(N)(=O)=O.O=C(Cc1ccccc1)c1cccs1. The van der Waals surface area contributed by atoms with Crippen molar-refractivity contribution in [3.05, 3.63) is 58.3 Å². The maximum atomic E-state index is 11.7. The van der Waals surface area contributed by atoms with E-state index in [1.54, 1.807) is 0 Å². The Morgan fingerprint density at radius 2 is 1.63 bits per heavy atom. The van der Waals surface area contributed by atoms with Crippen LogP contribution < -0.4 is 10.3 Å². The van der Waals surface area contributed by atoms with E-state index in [1.165, 1.54) is 11.3 Å². The first kappa shape index (κ1) is 15.5. The normalized spacial score (nSPS) is 10.4. The van der Waals surface area contributed by atoms with E-state index in [0.29, 0.717) is 6.42 Å². The molecule has 0 bridgehead atoms. The van der Waals surface area contributed by atoms with Crippen LogP contribution in [0, 0.1) is 0 Å². The average Bonchev–Trinajstić information content (AvgIpc) is 2.81. The Kier molecular flexibility index (Phi) is 5.84. The number of hydrogen-bond acceptors (Lipinski definition) is 4. The number of rotatable bonds is 3. The first-order chi connectivity index (χ1) is 8.86. The first-order valence-electron chi connectivity index (χ1n) is 5.27. The van der Waals surface area contributed by atoms with Gasteiger partial charge in [0.15, 0.2) is 5.78 Å². The van der Waals surface area contributed by atoms with E-state index in [-0.39, 0.29) is 5.78 Å². The van der Waals surface area contributed by atoms with Crippen molar-refractivity contribution in [2.75, 3.05) is 0 Å². The second-order valence-electron chi connectivity index (χ2n) is 3.65. The number of ketones is 1. The van der Waals surface area contributed by atoms with Gasteiger partial charge in [-0.25, -0.2) is 10.3 Å². The number of Topliss-reactive ketones (excluding diaryl/α,β-unsaturated/α-hetero) is 1. The molecule has 0 fully saturated rings. The molecule has 4 N–H and O–H groups in total. The zero-order valence-corrected chi connectivity index (χ0v) is 11.7. The molecule has 0 aliphatic heterocycles. The third-order valence-electron chi connectivity index (χ3n) is 2.00. The van der Waals surface area contributed by atoms with Gasteiger partial charge in [0.25, 0.3) is 10.2 Å². The highest BCUT2D eigenvalue weighted by molar-refractivity contribution is 7.86. The molecule has 5 nitrogen and oxygen atoms in total. The van der Waals surface area contributed by atoms with Crippen LogP contribution >= 0.6 is 11.3 Å². The number of thiophene rings is 1. The summed E-state index contributed by atoms with van der Waals surface area (Å²) in [5.74, 6) is 0.200. The van der Waals surface area contributed by atoms with Crippen LogP contribution in [0.1, 0.15) is 15.2 Å². The highest BCUT2D eigenvalue weighted by atomic mass is 32.2. The van der Waals surface area contributed by atoms with Crippen molar-refractivity contribution in [2.24, 2.45) is 10.3 Å². The van der Waals surface area contributed by atoms with Gasteiger partial charge < -0.3 is 0 Å². The minimum absolute atomic E-state index is 0.200. The van der Waals surface area contributed by atoms with Crippen molar-refractivity contribution in [3.63, 3.8) is 0 Å². The summed E-state index contributed by atoms with van der Waals surface area (Å²) >= 11 is 1.50. The maximum absolute atomic E-state index is 11.7. The molecule has 19 heavy (non-hydrogen) atoms. The molecule has 0 aliphatic carbocycles. The molecule has 0 unspecified atom stereocenters. The Morgan fingerprint density at radius 1 is 1.05 bits per heavy atom. The molecule has 2 rings (SSSR count). The molecule has 0 amide bonds. The number of nitrogens with two attached hydrogens (primary N) is 2. The fraction of sp³-hybridized carbons (Fsp3) is 0.0833. The Morgan fingerprint density at radius 3 is 2.11 bits per heavy atom. The van der Waals surface area contributed by atoms with Crippen LogP contribution in [-0.4, -0.2) is 14.2 Å². The molecular formula is C12H14N2O3S2. The maximum Gasteiger partial charge on any atom is 0.271 e. The summed E-state index contributed by atoms with van der Waals surface area (Å²) in [6, 6.07) is 13.6. The third kappa shape index (κ3) is 7.47. The molecule has 0 saturated carbocycles. The lowest BCUT2D eigenvalue weighted by Crippen LogP contribution is -2.21. The zero-order chi connectivity index (χ0) is 14.3. The van der Waals surface area contributed by atoms with Crippen molar-refractivity contribution in [1.29, 1.82) is 0 Å². The molecule has 0 atom stereocenters. The first-order valence-corrected chi connectivity index (χ1v) is 7.76. The van der Waals surface area contributed by atoms with Crippen molar-refractivity contribution >= 4 is 27.3 Å². The van der Waals surface area contributed by atoms with Crippen molar-refractivity contribution in [2.45, 2.75) is 6.42 Å². The van der Waals surface area contributed by atoms with Crippen molar-refractivity contribution < 1.29 is 13.2 Å². The predicted octanol–water partition coefficient (Wildman–Crippen LogP) is 1.32. The summed E-state index contributed by atoms with van der Waals surface area (Å²) in [6.07, 6.45) is 0.501. The molecule has 1 aromatic heterocycles. The van der Waals surface area contributed by atoms with Crippen LogP contribution in [0.2, 0.25) is 0 Å². The largest absolute Gasteiger partial charge is 0.293 e. The van der Waals surface area contributed by atoms with Gasteiger partial charge in [0, 0.05) is 6.42 Å². The number of carbonyl (C=O) groups excluding carboxylic acids is 1. The van der Waals surface area contributed by atoms with Gasteiger partial charge in [-0.2, -0.15) is 8.42 Å². The number of carbonyl (C=O) groups is 1. The molecule has 1 heterocycles. The van der Waals surface area contributed by atoms with Crippen molar-refractivity contribution in [3.8, 4) is 0 Å². The van der Waals surface area contributed by atoms with Gasteiger partial charge in [-0.15, -0.1) is 11.3 Å². The second kappa shape index (κ2) is 7.15. The second-order valence-corrected chi connectivity index (χ2v) is 5.78. The standard InChI is InChI=1S/C12H10OS.H4N2O2S/c13-11(12-7-4-8-14-12)9-10-5-2-1-3-6-10;1-5(2,3)4/h1-8H,9H2;(H4,1,2,3,4). The van der Waals surface area contributed by atoms with Crippen LogP contribution in [0.15, 0.2) is 47.8 Å². The monoisotopic (exact) mass is 298 g/mol. The molecule has 0 saturated heterocycles. The average molecular weight is 298 g/mol. The summed E-state index contributed by atoms with van der Waals surface area (Å²) in [4.78, 5) is 12.5. The Labute approximate surface area is 116 Å². The van der Waals surface area contributed by atoms with E-state index in [0.717, 1.165) is 10.4 Å². The van der Waals surface area contributed by atoms with Crippen LogP contribution in [0.5, 0.6) is 0 Å². The lowest BCUT2D eigenvalue weighted by molar-refractivity contribution is 0.0997. The summed E-state index contributed by atoms with van der Waals surface area (Å²) in [5, 5.41) is 10.1. The van der Waals surface area contributed by atoms with Crippen LogP contribution in [0.25, 0.3) is 0 Å². The Bertz CT molecular complexity index is 600. The van der Waals surface area contributed by atoms with Gasteiger partial charge in [0.1, 0.15) is 0 Å². The van der Waals surface area contributed by atoms with Crippen LogP contribution in [-0.2, 0) is 16.6 Å². The highest BCUT2D eigenvalue weighted by Gasteiger charge is 2.06. The topological polar surface area (TPSA) is 103 Å². The van der Waals surface area contributed by atoms with E-state index in [4.69, 9.17) is 0 Å². The van der Waals surface area contributed by atoms with E-state index in [1.807, 2.05) is 47.8 Å². The van der Waals surface area contributed by atoms with Gasteiger partial charge in [-0.3, -0.25) is 4.79 Å². The number of benzene rings is 1. The molecule has 0 aliphatic rings. The summed E-state index contributed by atoms with van der Waals surface area (Å²) in [6.45, 7) is 0. The Balaban J connectivity index is 0.000000312. The predicted molar refractivity (Wildman–Crippen MR) is 76.1 cm³/mol. The quantitative estimate of drug-likeness (QED) is 0.835. The fourth-order valence-electron chi connectivity index (χ4n) is 1.31. The molecule has 102 valence electrons. The van der Waals surface area contributed by atoms with Gasteiger partial charge in [-0.05, 0) is 17.0 Å². The molecular weight excluding hydrogens is 284 g/mol. The third-order valence-corrected chi connectivity index (χ3v) is 2.91. The van der Waals surface area contributed by atoms with Crippen LogP contribution in [0.4, 0.5) is 0 Å². The molecule has 7 heteroatoms. The highest BCUT2D eigenvalue weighted by Crippen LogP contribution is 2.12. The summed E-state index contributed by atoms with van der Waals surface area (Å²) < 4.78 is 18.4. The number of hydrogen-bond donors (Lipinski definition) is 2. The van der Waals surface area contributed by atoms with E-state index in [9.17, 15) is 13.2 Å². The fourth-order valence-corrected chi connectivity index (χ4v) is 1.97. The lowest BCUT2D eigenvalue weighted by atomic mass is 10.1. The van der Waals surface area contributed by atoms with Gasteiger partial charge in [0.2, 0.25) is 0 Å². The van der Waals surface area contributed by atoms with E-state index < -0.39 is 10.2 Å².